The van der Waals surface area contributed by atoms with Crippen molar-refractivity contribution in [2.24, 2.45) is 16.6 Å². The Balaban J connectivity index is 2.16. The van der Waals surface area contributed by atoms with E-state index in [4.69, 9.17) is 20.9 Å². The second kappa shape index (κ2) is 5.14. The van der Waals surface area contributed by atoms with Crippen molar-refractivity contribution in [3.63, 3.8) is 0 Å². The number of alkyl halides is 1. The van der Waals surface area contributed by atoms with E-state index in [9.17, 15) is 8.78 Å². The van der Waals surface area contributed by atoms with Gasteiger partial charge >= 0.3 is 0 Å². The number of ether oxygens (including phenoxy) is 2. The highest BCUT2D eigenvalue weighted by Crippen LogP contribution is 2.44. The maximum absolute atomic E-state index is 14.3. The summed E-state index contributed by atoms with van der Waals surface area (Å²) < 4.78 is 39.1. The van der Waals surface area contributed by atoms with Crippen LogP contribution in [-0.2, 0) is 15.0 Å². The standard InChI is InChI=1S/C14H17F2N3O2/c15-7-14(9-5-8(17)1-2-11(9)16)10-6-20-4-3-12(10)21-13(18)19-14/h1-2,5,10,12H,3-4,6-7,17H2,(H2,18,19)/t10-,12+,14+/m0/s1. The summed E-state index contributed by atoms with van der Waals surface area (Å²) >= 11 is 0. The predicted molar refractivity (Wildman–Crippen MR) is 73.9 cm³/mol. The molecular weight excluding hydrogens is 280 g/mol. The molecule has 3 rings (SSSR count). The van der Waals surface area contributed by atoms with E-state index < -0.39 is 23.9 Å². The SMILES string of the molecule is NC1=N[C@](CF)(c2cc(N)ccc2F)[C@H]2COCC[C@H]2O1. The minimum Gasteiger partial charge on any atom is -0.462 e. The van der Waals surface area contributed by atoms with Crippen molar-refractivity contribution in [1.29, 1.82) is 0 Å². The number of rotatable bonds is 2. The van der Waals surface area contributed by atoms with Crippen molar-refractivity contribution in [1.82, 2.24) is 0 Å². The molecule has 0 aliphatic carbocycles. The van der Waals surface area contributed by atoms with Gasteiger partial charge in [0.05, 0.1) is 19.1 Å². The van der Waals surface area contributed by atoms with Gasteiger partial charge < -0.3 is 20.9 Å². The topological polar surface area (TPSA) is 82.9 Å². The van der Waals surface area contributed by atoms with Crippen LogP contribution in [-0.4, -0.2) is 32.0 Å². The molecule has 114 valence electrons. The summed E-state index contributed by atoms with van der Waals surface area (Å²) in [6.45, 7) is -0.169. The van der Waals surface area contributed by atoms with Crippen LogP contribution in [0.15, 0.2) is 23.2 Å². The lowest BCUT2D eigenvalue weighted by molar-refractivity contribution is -0.0784. The summed E-state index contributed by atoms with van der Waals surface area (Å²) in [5.74, 6) is -1.01. The molecule has 1 aromatic carbocycles. The Labute approximate surface area is 120 Å². The Morgan fingerprint density at radius 1 is 1.38 bits per heavy atom. The molecule has 0 bridgehead atoms. The first kappa shape index (κ1) is 14.1. The van der Waals surface area contributed by atoms with E-state index in [2.05, 4.69) is 4.99 Å². The summed E-state index contributed by atoms with van der Waals surface area (Å²) in [6, 6.07) is 3.91. The van der Waals surface area contributed by atoms with Gasteiger partial charge in [-0.1, -0.05) is 0 Å². The van der Waals surface area contributed by atoms with Crippen LogP contribution in [0.2, 0.25) is 0 Å². The highest BCUT2D eigenvalue weighted by atomic mass is 19.1. The molecule has 0 saturated carbocycles. The van der Waals surface area contributed by atoms with E-state index in [0.717, 1.165) is 0 Å². The van der Waals surface area contributed by atoms with Gasteiger partial charge in [-0.25, -0.2) is 13.8 Å². The molecule has 7 heteroatoms. The average molecular weight is 297 g/mol. The van der Waals surface area contributed by atoms with E-state index in [1.807, 2.05) is 0 Å². The molecule has 2 aliphatic rings. The van der Waals surface area contributed by atoms with Crippen LogP contribution in [0, 0.1) is 11.7 Å². The molecular formula is C14H17F2N3O2. The van der Waals surface area contributed by atoms with Crippen molar-refractivity contribution in [2.45, 2.75) is 18.1 Å². The van der Waals surface area contributed by atoms with Gasteiger partial charge in [0.2, 0.25) is 0 Å². The number of hydrogen-bond acceptors (Lipinski definition) is 5. The maximum Gasteiger partial charge on any atom is 0.283 e. The number of amidine groups is 1. The first-order chi connectivity index (χ1) is 10.1. The van der Waals surface area contributed by atoms with Gasteiger partial charge in [-0.2, -0.15) is 0 Å². The summed E-state index contributed by atoms with van der Waals surface area (Å²) in [5.41, 5.74) is 10.4. The zero-order valence-electron chi connectivity index (χ0n) is 11.4. The van der Waals surface area contributed by atoms with Gasteiger partial charge in [0.25, 0.3) is 6.02 Å². The third kappa shape index (κ3) is 2.21. The van der Waals surface area contributed by atoms with E-state index >= 15 is 0 Å². The Bertz CT molecular complexity index is 581. The lowest BCUT2D eigenvalue weighted by Gasteiger charge is -2.45. The van der Waals surface area contributed by atoms with E-state index in [-0.39, 0.29) is 24.3 Å². The third-order valence-electron chi connectivity index (χ3n) is 4.15. The molecule has 2 aliphatic heterocycles. The lowest BCUT2D eigenvalue weighted by atomic mass is 9.74. The number of nitrogens with two attached hydrogens (primary N) is 2. The van der Waals surface area contributed by atoms with Crippen molar-refractivity contribution < 1.29 is 18.3 Å². The third-order valence-corrected chi connectivity index (χ3v) is 4.15. The van der Waals surface area contributed by atoms with Gasteiger partial charge in [-0.3, -0.25) is 0 Å². The van der Waals surface area contributed by atoms with Crippen LogP contribution >= 0.6 is 0 Å². The number of benzene rings is 1. The number of aliphatic imine (C=N–C) groups is 1. The molecule has 1 aromatic rings. The molecule has 3 atom stereocenters. The Morgan fingerprint density at radius 3 is 2.95 bits per heavy atom. The fourth-order valence-electron chi connectivity index (χ4n) is 3.10. The fraction of sp³-hybridized carbons (Fsp3) is 0.500. The molecule has 0 aromatic heterocycles. The van der Waals surface area contributed by atoms with Gasteiger partial charge in [-0.15, -0.1) is 0 Å². The largest absolute Gasteiger partial charge is 0.462 e. The second-order valence-corrected chi connectivity index (χ2v) is 5.37. The molecule has 1 saturated heterocycles. The molecule has 21 heavy (non-hydrogen) atoms. The number of nitrogen functional groups attached to an aromatic ring is 1. The van der Waals surface area contributed by atoms with Crippen molar-refractivity contribution in [3.8, 4) is 0 Å². The van der Waals surface area contributed by atoms with Crippen LogP contribution in [0.3, 0.4) is 0 Å². The van der Waals surface area contributed by atoms with Gasteiger partial charge in [0.15, 0.2) is 0 Å². The zero-order chi connectivity index (χ0) is 15.0. The first-order valence-corrected chi connectivity index (χ1v) is 6.78. The number of anilines is 1. The first-order valence-electron chi connectivity index (χ1n) is 6.78. The van der Waals surface area contributed by atoms with Gasteiger partial charge in [-0.05, 0) is 18.2 Å². The summed E-state index contributed by atoms with van der Waals surface area (Å²) in [5, 5.41) is 0. The van der Waals surface area contributed by atoms with Crippen LogP contribution < -0.4 is 11.5 Å². The maximum atomic E-state index is 14.3. The number of nitrogens with zero attached hydrogens (tertiary/aromatic N) is 1. The highest BCUT2D eigenvalue weighted by Gasteiger charge is 2.51. The molecule has 0 amide bonds. The summed E-state index contributed by atoms with van der Waals surface area (Å²) in [7, 11) is 0. The minimum atomic E-state index is -1.45. The molecule has 0 spiro atoms. The Kier molecular flexibility index (Phi) is 3.44. The summed E-state index contributed by atoms with van der Waals surface area (Å²) in [4.78, 5) is 4.11. The Hall–Kier alpha value is -1.89. The molecule has 4 N–H and O–H groups in total. The van der Waals surface area contributed by atoms with Gasteiger partial charge in [0.1, 0.15) is 24.1 Å². The normalized spacial score (nSPS) is 32.0. The van der Waals surface area contributed by atoms with E-state index in [1.54, 1.807) is 0 Å². The molecule has 0 radical (unpaired) electrons. The fourth-order valence-corrected chi connectivity index (χ4v) is 3.10. The number of hydrogen-bond donors (Lipinski definition) is 2. The molecule has 0 unspecified atom stereocenters. The highest BCUT2D eigenvalue weighted by molar-refractivity contribution is 5.73. The van der Waals surface area contributed by atoms with Crippen LogP contribution in [0.25, 0.3) is 0 Å². The second-order valence-electron chi connectivity index (χ2n) is 5.37. The van der Waals surface area contributed by atoms with Crippen molar-refractivity contribution in [2.75, 3.05) is 25.6 Å². The number of fused-ring (bicyclic) bond motifs is 1. The summed E-state index contributed by atoms with van der Waals surface area (Å²) in [6.07, 6.45) is 0.222. The molecule has 1 fully saturated rings. The van der Waals surface area contributed by atoms with Crippen LogP contribution in [0.4, 0.5) is 14.5 Å². The molecule has 5 nitrogen and oxygen atoms in total. The quantitative estimate of drug-likeness (QED) is 0.807. The zero-order valence-corrected chi connectivity index (χ0v) is 11.4. The predicted octanol–water partition coefficient (Wildman–Crippen LogP) is 1.32. The smallest absolute Gasteiger partial charge is 0.283 e. The minimum absolute atomic E-state index is 0.0942. The van der Waals surface area contributed by atoms with Crippen molar-refractivity contribution >= 4 is 11.7 Å². The monoisotopic (exact) mass is 297 g/mol. The van der Waals surface area contributed by atoms with Crippen LogP contribution in [0.1, 0.15) is 12.0 Å². The van der Waals surface area contributed by atoms with Crippen molar-refractivity contribution in [3.05, 3.63) is 29.6 Å². The van der Waals surface area contributed by atoms with E-state index in [0.29, 0.717) is 18.7 Å². The lowest BCUT2D eigenvalue weighted by Crippen LogP contribution is -2.54. The Morgan fingerprint density at radius 2 is 2.19 bits per heavy atom. The average Bonchev–Trinajstić information content (AvgIpc) is 2.48. The van der Waals surface area contributed by atoms with E-state index in [1.165, 1.54) is 18.2 Å². The van der Waals surface area contributed by atoms with Crippen LogP contribution in [0.5, 0.6) is 0 Å². The number of halogens is 2. The molecule has 2 heterocycles. The van der Waals surface area contributed by atoms with Gasteiger partial charge in [0, 0.05) is 17.7 Å².